The molecule has 8 aromatic rings. The SMILES string of the molecule is CC1(C)c2ccccc2-c2ccc(N(c3ccc(-c4ccccc4)cc3)c3cncc4c3oc3c5ccccc5ccc43)cc21. The van der Waals surface area contributed by atoms with Crippen LogP contribution in [-0.2, 0) is 5.41 Å². The molecule has 2 aromatic heterocycles. The van der Waals surface area contributed by atoms with Gasteiger partial charge in [0.25, 0.3) is 0 Å². The van der Waals surface area contributed by atoms with E-state index in [9.17, 15) is 0 Å². The first-order valence-electron chi connectivity index (χ1n) is 15.5. The summed E-state index contributed by atoms with van der Waals surface area (Å²) in [4.78, 5) is 7.08. The van der Waals surface area contributed by atoms with E-state index in [-0.39, 0.29) is 5.41 Å². The minimum Gasteiger partial charge on any atom is -0.453 e. The van der Waals surface area contributed by atoms with Crippen LogP contribution in [0.1, 0.15) is 25.0 Å². The van der Waals surface area contributed by atoms with Gasteiger partial charge in [0.1, 0.15) is 11.3 Å². The van der Waals surface area contributed by atoms with Crippen molar-refractivity contribution in [1.29, 1.82) is 0 Å². The molecule has 6 aromatic carbocycles. The zero-order valence-electron chi connectivity index (χ0n) is 25.2. The third-order valence-corrected chi connectivity index (χ3v) is 9.55. The third-order valence-electron chi connectivity index (χ3n) is 9.55. The lowest BCUT2D eigenvalue weighted by Gasteiger charge is -2.28. The van der Waals surface area contributed by atoms with Crippen molar-refractivity contribution in [2.75, 3.05) is 4.90 Å². The number of fused-ring (bicyclic) bond motifs is 8. The Balaban J connectivity index is 1.28. The Morgan fingerprint density at radius 2 is 1.24 bits per heavy atom. The molecule has 0 fully saturated rings. The van der Waals surface area contributed by atoms with Crippen molar-refractivity contribution in [3.05, 3.63) is 157 Å². The highest BCUT2D eigenvalue weighted by Crippen LogP contribution is 2.51. The van der Waals surface area contributed by atoms with Crippen LogP contribution in [-0.4, -0.2) is 4.98 Å². The van der Waals surface area contributed by atoms with Crippen LogP contribution >= 0.6 is 0 Å². The Bertz CT molecular complexity index is 2400. The summed E-state index contributed by atoms with van der Waals surface area (Å²) >= 11 is 0. The van der Waals surface area contributed by atoms with E-state index < -0.39 is 0 Å². The second kappa shape index (κ2) is 9.67. The molecule has 0 bridgehead atoms. The van der Waals surface area contributed by atoms with E-state index in [4.69, 9.17) is 9.40 Å². The summed E-state index contributed by atoms with van der Waals surface area (Å²) in [7, 11) is 0. The lowest BCUT2D eigenvalue weighted by Crippen LogP contribution is -2.16. The fraction of sp³-hybridized carbons (Fsp3) is 0.0714. The molecular formula is C42H30N2O. The number of hydrogen-bond donors (Lipinski definition) is 0. The van der Waals surface area contributed by atoms with Gasteiger partial charge in [-0.25, -0.2) is 0 Å². The smallest absolute Gasteiger partial charge is 0.162 e. The Kier molecular flexibility index (Phi) is 5.54. The molecule has 1 aliphatic carbocycles. The van der Waals surface area contributed by atoms with Gasteiger partial charge in [-0.3, -0.25) is 4.98 Å². The molecule has 9 rings (SSSR count). The van der Waals surface area contributed by atoms with Gasteiger partial charge in [-0.2, -0.15) is 0 Å². The number of aromatic nitrogens is 1. The molecular weight excluding hydrogens is 548 g/mol. The highest BCUT2D eigenvalue weighted by Gasteiger charge is 2.36. The maximum absolute atomic E-state index is 6.82. The second-order valence-electron chi connectivity index (χ2n) is 12.4. The van der Waals surface area contributed by atoms with Gasteiger partial charge in [-0.15, -0.1) is 0 Å². The number of anilines is 3. The average Bonchev–Trinajstić information content (AvgIpc) is 3.59. The molecule has 3 heteroatoms. The zero-order chi connectivity index (χ0) is 30.1. The molecule has 45 heavy (non-hydrogen) atoms. The summed E-state index contributed by atoms with van der Waals surface area (Å²) in [6.45, 7) is 4.65. The van der Waals surface area contributed by atoms with E-state index in [1.807, 2.05) is 12.4 Å². The van der Waals surface area contributed by atoms with Crippen LogP contribution in [0.2, 0.25) is 0 Å². The van der Waals surface area contributed by atoms with Crippen LogP contribution in [0.4, 0.5) is 17.1 Å². The minimum absolute atomic E-state index is 0.118. The number of benzene rings is 6. The lowest BCUT2D eigenvalue weighted by molar-refractivity contribution is 0.660. The molecule has 3 nitrogen and oxygen atoms in total. The second-order valence-corrected chi connectivity index (χ2v) is 12.4. The van der Waals surface area contributed by atoms with Crippen LogP contribution in [0.3, 0.4) is 0 Å². The first kappa shape index (κ1) is 25.8. The number of hydrogen-bond acceptors (Lipinski definition) is 3. The summed E-state index contributed by atoms with van der Waals surface area (Å²) < 4.78 is 6.82. The summed E-state index contributed by atoms with van der Waals surface area (Å²) in [5, 5.41) is 4.34. The quantitative estimate of drug-likeness (QED) is 0.208. The summed E-state index contributed by atoms with van der Waals surface area (Å²) in [5.41, 5.74) is 12.3. The minimum atomic E-state index is -0.118. The van der Waals surface area contributed by atoms with Crippen LogP contribution in [0.15, 0.2) is 150 Å². The van der Waals surface area contributed by atoms with E-state index in [2.05, 4.69) is 152 Å². The first-order valence-corrected chi connectivity index (χ1v) is 15.5. The molecule has 0 spiro atoms. The van der Waals surface area contributed by atoms with Crippen molar-refractivity contribution in [1.82, 2.24) is 4.98 Å². The number of rotatable bonds is 4. The van der Waals surface area contributed by atoms with Crippen molar-refractivity contribution < 1.29 is 4.42 Å². The highest BCUT2D eigenvalue weighted by molar-refractivity contribution is 6.17. The number of pyridine rings is 1. The maximum Gasteiger partial charge on any atom is 0.162 e. The predicted molar refractivity (Wildman–Crippen MR) is 187 cm³/mol. The molecule has 0 unspecified atom stereocenters. The van der Waals surface area contributed by atoms with Gasteiger partial charge < -0.3 is 9.32 Å². The van der Waals surface area contributed by atoms with E-state index in [0.29, 0.717) is 0 Å². The predicted octanol–water partition coefficient (Wildman–Crippen LogP) is 11.6. The fourth-order valence-electron chi connectivity index (χ4n) is 7.26. The molecule has 0 aliphatic heterocycles. The monoisotopic (exact) mass is 578 g/mol. The standard InChI is InChI=1S/C42H30N2O/c1-42(2)37-15-9-8-14-33(37)34-23-21-31(24-38(34)42)44(30-19-16-28(17-20-30)27-10-4-3-5-11-27)39-26-43-25-36-35-22-18-29-12-6-7-13-32(29)40(35)45-41(36)39/h3-26H,1-2H3. The first-order chi connectivity index (χ1) is 22.1. The summed E-state index contributed by atoms with van der Waals surface area (Å²) in [6, 6.07) is 47.7. The zero-order valence-corrected chi connectivity index (χ0v) is 25.2. The Morgan fingerprint density at radius 1 is 0.533 bits per heavy atom. The fourth-order valence-corrected chi connectivity index (χ4v) is 7.26. The van der Waals surface area contributed by atoms with Crippen molar-refractivity contribution in [3.8, 4) is 22.3 Å². The van der Waals surface area contributed by atoms with Crippen molar-refractivity contribution in [2.24, 2.45) is 0 Å². The van der Waals surface area contributed by atoms with Gasteiger partial charge in [0, 0.05) is 39.1 Å². The molecule has 0 saturated heterocycles. The van der Waals surface area contributed by atoms with Gasteiger partial charge >= 0.3 is 0 Å². The normalized spacial score (nSPS) is 13.3. The number of nitrogens with zero attached hydrogens (tertiary/aromatic N) is 2. The largest absolute Gasteiger partial charge is 0.453 e. The van der Waals surface area contributed by atoms with E-state index in [1.165, 1.54) is 33.4 Å². The Hall–Kier alpha value is -5.67. The molecule has 0 N–H and O–H groups in total. The Labute approximate surface area is 262 Å². The molecule has 214 valence electrons. The topological polar surface area (TPSA) is 29.3 Å². The molecule has 1 aliphatic rings. The van der Waals surface area contributed by atoms with Gasteiger partial charge in [0.05, 0.1) is 6.20 Å². The molecule has 0 radical (unpaired) electrons. The van der Waals surface area contributed by atoms with E-state index in [1.54, 1.807) is 0 Å². The maximum atomic E-state index is 6.82. The van der Waals surface area contributed by atoms with Crippen LogP contribution in [0.5, 0.6) is 0 Å². The van der Waals surface area contributed by atoms with Gasteiger partial charge in [0.15, 0.2) is 5.58 Å². The molecule has 2 heterocycles. The van der Waals surface area contributed by atoms with Gasteiger partial charge in [-0.05, 0) is 69.1 Å². The average molecular weight is 579 g/mol. The van der Waals surface area contributed by atoms with Gasteiger partial charge in [0.2, 0.25) is 0 Å². The van der Waals surface area contributed by atoms with Crippen molar-refractivity contribution in [2.45, 2.75) is 19.3 Å². The van der Waals surface area contributed by atoms with Crippen LogP contribution in [0, 0.1) is 0 Å². The third kappa shape index (κ3) is 3.87. The molecule has 0 saturated carbocycles. The van der Waals surface area contributed by atoms with Crippen LogP contribution in [0.25, 0.3) is 55.0 Å². The van der Waals surface area contributed by atoms with E-state index >= 15 is 0 Å². The van der Waals surface area contributed by atoms with Crippen molar-refractivity contribution in [3.63, 3.8) is 0 Å². The summed E-state index contributed by atoms with van der Waals surface area (Å²) in [6.07, 6.45) is 3.86. The highest BCUT2D eigenvalue weighted by atomic mass is 16.3. The number of furan rings is 1. The van der Waals surface area contributed by atoms with Crippen molar-refractivity contribution >= 4 is 49.8 Å². The van der Waals surface area contributed by atoms with Gasteiger partial charge in [-0.1, -0.05) is 117 Å². The molecule has 0 amide bonds. The lowest BCUT2D eigenvalue weighted by atomic mass is 9.82. The molecule has 0 atom stereocenters. The summed E-state index contributed by atoms with van der Waals surface area (Å²) in [5.74, 6) is 0. The van der Waals surface area contributed by atoms with E-state index in [0.717, 1.165) is 49.8 Å². The Morgan fingerprint density at radius 3 is 2.11 bits per heavy atom. The van der Waals surface area contributed by atoms with Crippen LogP contribution < -0.4 is 4.90 Å².